The fourth-order valence-corrected chi connectivity index (χ4v) is 3.62. The summed E-state index contributed by atoms with van der Waals surface area (Å²) in [5, 5.41) is 14.2. The van der Waals surface area contributed by atoms with Crippen LogP contribution in [-0.2, 0) is 11.2 Å². The molecule has 3 rings (SSSR count). The predicted molar refractivity (Wildman–Crippen MR) is 127 cm³/mol. The van der Waals surface area contributed by atoms with Crippen molar-refractivity contribution in [2.45, 2.75) is 53.1 Å². The fourth-order valence-electron chi connectivity index (χ4n) is 3.62. The Morgan fingerprint density at radius 2 is 1.91 bits per heavy atom. The third-order valence-electron chi connectivity index (χ3n) is 5.16. The van der Waals surface area contributed by atoms with Crippen LogP contribution in [0.25, 0.3) is 22.8 Å². The highest BCUT2D eigenvalue weighted by Gasteiger charge is 2.18. The lowest BCUT2D eigenvalue weighted by Gasteiger charge is -2.16. The van der Waals surface area contributed by atoms with Crippen LogP contribution >= 0.6 is 0 Å². The van der Waals surface area contributed by atoms with Crippen LogP contribution in [0.1, 0.15) is 43.6 Å². The second kappa shape index (κ2) is 11.1. The second-order valence-electron chi connectivity index (χ2n) is 8.80. The van der Waals surface area contributed by atoms with Crippen molar-refractivity contribution in [2.75, 3.05) is 13.7 Å². The molecule has 3 aromatic rings. The minimum Gasteiger partial charge on any atom is -0.493 e. The van der Waals surface area contributed by atoms with Gasteiger partial charge in [-0.05, 0) is 62.4 Å². The van der Waals surface area contributed by atoms with Crippen LogP contribution in [0.5, 0.6) is 11.5 Å². The van der Waals surface area contributed by atoms with E-state index >= 15 is 0 Å². The van der Waals surface area contributed by atoms with E-state index in [1.165, 1.54) is 7.11 Å². The monoisotopic (exact) mass is 468 g/mol. The molecule has 0 spiro atoms. The van der Waals surface area contributed by atoms with Gasteiger partial charge in [-0.25, -0.2) is 0 Å². The average Bonchev–Trinajstić information content (AvgIpc) is 3.26. The third kappa shape index (κ3) is 6.54. The Labute approximate surface area is 199 Å². The van der Waals surface area contributed by atoms with Gasteiger partial charge in [0.2, 0.25) is 11.7 Å². The number of rotatable bonds is 11. The number of carbonyl (C=O) groups is 1. The maximum atomic E-state index is 10.9. The zero-order valence-corrected chi connectivity index (χ0v) is 20.3. The van der Waals surface area contributed by atoms with Crippen LogP contribution in [0.2, 0.25) is 0 Å². The molecule has 0 aliphatic carbocycles. The first-order chi connectivity index (χ1) is 16.2. The zero-order chi connectivity index (χ0) is 24.8. The van der Waals surface area contributed by atoms with Gasteiger partial charge in [0, 0.05) is 28.9 Å². The molecule has 0 aliphatic rings. The van der Waals surface area contributed by atoms with Crippen molar-refractivity contribution in [3.63, 3.8) is 0 Å². The SMILES string of the molecule is COc1cc(-c2noc(-c3cc(C)nc(CC(C)C)c3)n2)cc(C)c1OC[C@H](O)CCC(N)=O. The average molecular weight is 469 g/mol. The van der Waals surface area contributed by atoms with Gasteiger partial charge in [0.15, 0.2) is 11.5 Å². The first kappa shape index (κ1) is 25.2. The Hall–Kier alpha value is -3.46. The number of aromatic nitrogens is 3. The molecule has 1 atom stereocenters. The third-order valence-corrected chi connectivity index (χ3v) is 5.16. The number of methoxy groups -OCH3 is 1. The van der Waals surface area contributed by atoms with Gasteiger partial charge in [0.25, 0.3) is 5.89 Å². The van der Waals surface area contributed by atoms with Gasteiger partial charge in [-0.1, -0.05) is 19.0 Å². The molecule has 1 aromatic carbocycles. The van der Waals surface area contributed by atoms with Crippen molar-refractivity contribution in [1.82, 2.24) is 15.1 Å². The standard InChI is InChI=1S/C25H32N4O5/c1-14(2)8-19-11-18(10-16(4)27-19)25-28-24(29-34-25)17-9-15(3)23(21(12-17)32-5)33-13-20(30)6-7-22(26)31/h9-12,14,20,30H,6-8,13H2,1-5H3,(H2,26,31)/t20-/m1/s1. The van der Waals surface area contributed by atoms with E-state index in [2.05, 4.69) is 29.0 Å². The number of aliphatic hydroxyl groups is 1. The van der Waals surface area contributed by atoms with Crippen LogP contribution in [0.4, 0.5) is 0 Å². The number of aryl methyl sites for hydroxylation is 2. The molecule has 0 saturated carbocycles. The number of hydrogen-bond donors (Lipinski definition) is 2. The Balaban J connectivity index is 1.82. The number of nitrogens with two attached hydrogens (primary N) is 1. The van der Waals surface area contributed by atoms with E-state index in [9.17, 15) is 9.90 Å². The van der Waals surface area contributed by atoms with Crippen molar-refractivity contribution >= 4 is 5.91 Å². The first-order valence-corrected chi connectivity index (χ1v) is 11.3. The molecule has 182 valence electrons. The number of primary amides is 1. The normalized spacial score (nSPS) is 12.1. The summed E-state index contributed by atoms with van der Waals surface area (Å²) in [6, 6.07) is 7.53. The first-order valence-electron chi connectivity index (χ1n) is 11.3. The molecule has 0 fully saturated rings. The van der Waals surface area contributed by atoms with Crippen LogP contribution in [0.15, 0.2) is 28.8 Å². The van der Waals surface area contributed by atoms with Crippen LogP contribution in [-0.4, -0.2) is 46.0 Å². The molecule has 9 heteroatoms. The smallest absolute Gasteiger partial charge is 0.258 e. The molecule has 9 nitrogen and oxygen atoms in total. The predicted octanol–water partition coefficient (Wildman–Crippen LogP) is 3.63. The van der Waals surface area contributed by atoms with E-state index < -0.39 is 12.0 Å². The summed E-state index contributed by atoms with van der Waals surface area (Å²) in [6.07, 6.45) is 0.370. The number of hydrogen-bond acceptors (Lipinski definition) is 8. The molecular formula is C25H32N4O5. The van der Waals surface area contributed by atoms with Gasteiger partial charge >= 0.3 is 0 Å². The van der Waals surface area contributed by atoms with E-state index in [-0.39, 0.29) is 19.4 Å². The van der Waals surface area contributed by atoms with Crippen LogP contribution in [0, 0.1) is 19.8 Å². The topological polar surface area (TPSA) is 134 Å². The van der Waals surface area contributed by atoms with Crippen molar-refractivity contribution in [3.05, 3.63) is 41.2 Å². The van der Waals surface area contributed by atoms with Crippen molar-refractivity contribution in [3.8, 4) is 34.3 Å². The number of carbonyl (C=O) groups excluding carboxylic acids is 1. The summed E-state index contributed by atoms with van der Waals surface area (Å²) >= 11 is 0. The highest BCUT2D eigenvalue weighted by molar-refractivity contribution is 5.73. The summed E-state index contributed by atoms with van der Waals surface area (Å²) in [5.74, 6) is 1.83. The molecule has 0 bridgehead atoms. The summed E-state index contributed by atoms with van der Waals surface area (Å²) in [5.41, 5.74) is 9.33. The fraction of sp³-hybridized carbons (Fsp3) is 0.440. The number of aliphatic hydroxyl groups excluding tert-OH is 1. The highest BCUT2D eigenvalue weighted by atomic mass is 16.5. The number of nitrogens with zero attached hydrogens (tertiary/aromatic N) is 3. The van der Waals surface area contributed by atoms with Crippen molar-refractivity contribution < 1.29 is 23.9 Å². The Morgan fingerprint density at radius 3 is 2.59 bits per heavy atom. The summed E-state index contributed by atoms with van der Waals surface area (Å²) in [7, 11) is 1.53. The van der Waals surface area contributed by atoms with Gasteiger partial charge in [-0.15, -0.1) is 0 Å². The van der Waals surface area contributed by atoms with E-state index in [1.54, 1.807) is 6.07 Å². The van der Waals surface area contributed by atoms with Crippen molar-refractivity contribution in [1.29, 1.82) is 0 Å². The maximum absolute atomic E-state index is 10.9. The van der Waals surface area contributed by atoms with Gasteiger partial charge < -0.3 is 24.8 Å². The van der Waals surface area contributed by atoms with E-state index in [4.69, 9.17) is 19.7 Å². The van der Waals surface area contributed by atoms with Crippen LogP contribution in [0.3, 0.4) is 0 Å². The molecule has 0 saturated heterocycles. The van der Waals surface area contributed by atoms with E-state index in [0.717, 1.165) is 28.9 Å². The molecular weight excluding hydrogens is 436 g/mol. The van der Waals surface area contributed by atoms with Gasteiger partial charge in [0.05, 0.1) is 13.2 Å². The Bertz CT molecular complexity index is 1140. The Morgan fingerprint density at radius 1 is 1.15 bits per heavy atom. The molecule has 2 aromatic heterocycles. The minimum absolute atomic E-state index is 0.0102. The molecule has 34 heavy (non-hydrogen) atoms. The van der Waals surface area contributed by atoms with Crippen molar-refractivity contribution in [2.24, 2.45) is 11.7 Å². The van der Waals surface area contributed by atoms with Crippen LogP contribution < -0.4 is 15.2 Å². The minimum atomic E-state index is -0.819. The maximum Gasteiger partial charge on any atom is 0.258 e. The van der Waals surface area contributed by atoms with E-state index in [0.29, 0.717) is 34.7 Å². The molecule has 0 unspecified atom stereocenters. The largest absolute Gasteiger partial charge is 0.493 e. The summed E-state index contributed by atoms with van der Waals surface area (Å²) < 4.78 is 16.8. The highest BCUT2D eigenvalue weighted by Crippen LogP contribution is 2.36. The molecule has 2 heterocycles. The number of pyridine rings is 1. The lowest BCUT2D eigenvalue weighted by atomic mass is 10.1. The summed E-state index contributed by atoms with van der Waals surface area (Å²) in [4.78, 5) is 20.1. The quantitative estimate of drug-likeness (QED) is 0.436. The number of ether oxygens (including phenoxy) is 2. The molecule has 1 amide bonds. The van der Waals surface area contributed by atoms with Gasteiger partial charge in [0.1, 0.15) is 6.61 Å². The summed E-state index contributed by atoms with van der Waals surface area (Å²) in [6.45, 7) is 8.13. The molecule has 3 N–H and O–H groups in total. The Kier molecular flexibility index (Phi) is 8.22. The van der Waals surface area contributed by atoms with Gasteiger partial charge in [-0.3, -0.25) is 9.78 Å². The second-order valence-corrected chi connectivity index (χ2v) is 8.80. The lowest BCUT2D eigenvalue weighted by Crippen LogP contribution is -2.21. The van der Waals surface area contributed by atoms with E-state index in [1.807, 2.05) is 32.0 Å². The molecule has 0 radical (unpaired) electrons. The number of amides is 1. The zero-order valence-electron chi connectivity index (χ0n) is 20.3. The molecule has 0 aliphatic heterocycles. The van der Waals surface area contributed by atoms with Gasteiger partial charge in [-0.2, -0.15) is 4.98 Å². The number of benzene rings is 1. The lowest BCUT2D eigenvalue weighted by molar-refractivity contribution is -0.118.